The molecule has 3 rings (SSSR count). The number of anilines is 1. The first kappa shape index (κ1) is 12.7. The highest BCUT2D eigenvalue weighted by Crippen LogP contribution is 2.39. The van der Waals surface area contributed by atoms with Gasteiger partial charge in [0.25, 0.3) is 0 Å². The van der Waals surface area contributed by atoms with Gasteiger partial charge in [0.1, 0.15) is 5.76 Å². The van der Waals surface area contributed by atoms with Crippen LogP contribution in [0.25, 0.3) is 0 Å². The van der Waals surface area contributed by atoms with Crippen LogP contribution in [0.1, 0.15) is 36.0 Å². The van der Waals surface area contributed by atoms with E-state index >= 15 is 0 Å². The van der Waals surface area contributed by atoms with Crippen LogP contribution in [-0.2, 0) is 13.2 Å². The van der Waals surface area contributed by atoms with Crippen LogP contribution in [0.15, 0.2) is 33.3 Å². The number of halogens is 1. The van der Waals surface area contributed by atoms with Crippen molar-refractivity contribution < 1.29 is 9.52 Å². The lowest BCUT2D eigenvalue weighted by molar-refractivity contribution is 0.282. The normalized spacial score (nSPS) is 14.6. The number of aliphatic hydroxyl groups excluding tert-OH is 1. The van der Waals surface area contributed by atoms with Gasteiger partial charge in [0.2, 0.25) is 0 Å². The summed E-state index contributed by atoms with van der Waals surface area (Å²) >= 11 is 3.39. The Balaban J connectivity index is 1.67. The van der Waals surface area contributed by atoms with Crippen molar-refractivity contribution in [1.82, 2.24) is 4.98 Å². The highest BCUT2D eigenvalue weighted by Gasteiger charge is 2.28. The first-order valence-corrected chi connectivity index (χ1v) is 7.13. The maximum absolute atomic E-state index is 9.33. The second-order valence-corrected chi connectivity index (χ2v) is 5.67. The lowest BCUT2D eigenvalue weighted by atomic mass is 10.2. The predicted molar refractivity (Wildman–Crippen MR) is 75.9 cm³/mol. The zero-order valence-corrected chi connectivity index (χ0v) is 12.0. The van der Waals surface area contributed by atoms with E-state index < -0.39 is 0 Å². The summed E-state index contributed by atoms with van der Waals surface area (Å²) in [6.07, 6.45) is 4.15. The van der Waals surface area contributed by atoms with E-state index in [1.165, 1.54) is 12.8 Å². The number of nitrogens with one attached hydrogen (secondary N) is 1. The van der Waals surface area contributed by atoms with E-state index in [0.29, 0.717) is 12.5 Å². The number of benzene rings is 1. The first-order chi connectivity index (χ1) is 9.26. The number of nitrogens with zero attached hydrogens (tertiary/aromatic N) is 1. The van der Waals surface area contributed by atoms with Gasteiger partial charge in [-0.2, -0.15) is 0 Å². The minimum Gasteiger partial charge on any atom is -0.444 e. The molecular formula is C14H15BrN2O2. The fourth-order valence-electron chi connectivity index (χ4n) is 1.97. The standard InChI is InChI=1S/C14H15BrN2O2/c15-11-3-4-13(10(5-11)8-18)16-6-12-7-17-14(19-12)9-1-2-9/h3-5,7,9,16,18H,1-2,6,8H2. The molecule has 0 radical (unpaired) electrons. The minimum atomic E-state index is 0.00546. The van der Waals surface area contributed by atoms with Gasteiger partial charge < -0.3 is 14.8 Å². The van der Waals surface area contributed by atoms with Crippen LogP contribution in [-0.4, -0.2) is 10.1 Å². The van der Waals surface area contributed by atoms with Crippen molar-refractivity contribution in [1.29, 1.82) is 0 Å². The lowest BCUT2D eigenvalue weighted by Crippen LogP contribution is -2.01. The molecule has 5 heteroatoms. The van der Waals surface area contributed by atoms with E-state index in [4.69, 9.17) is 4.42 Å². The quantitative estimate of drug-likeness (QED) is 0.885. The zero-order valence-electron chi connectivity index (χ0n) is 10.4. The second kappa shape index (κ2) is 5.35. The predicted octanol–water partition coefficient (Wildman–Crippen LogP) is 3.42. The first-order valence-electron chi connectivity index (χ1n) is 6.34. The smallest absolute Gasteiger partial charge is 0.197 e. The molecule has 1 saturated carbocycles. The molecule has 1 aromatic carbocycles. The Kier molecular flexibility index (Phi) is 3.57. The maximum atomic E-state index is 9.33. The third kappa shape index (κ3) is 2.98. The van der Waals surface area contributed by atoms with Gasteiger partial charge in [-0.25, -0.2) is 4.98 Å². The molecule has 1 aliphatic carbocycles. The molecule has 1 aliphatic rings. The Morgan fingerprint density at radius 3 is 3.00 bits per heavy atom. The van der Waals surface area contributed by atoms with Crippen molar-refractivity contribution >= 4 is 21.6 Å². The zero-order chi connectivity index (χ0) is 13.2. The monoisotopic (exact) mass is 322 g/mol. The van der Waals surface area contributed by atoms with Crippen LogP contribution in [0.3, 0.4) is 0 Å². The Hall–Kier alpha value is -1.33. The Labute approximate surface area is 120 Å². The third-order valence-electron chi connectivity index (χ3n) is 3.19. The molecule has 0 unspecified atom stereocenters. The topological polar surface area (TPSA) is 58.3 Å². The average molecular weight is 323 g/mol. The van der Waals surface area contributed by atoms with Gasteiger partial charge in [-0.15, -0.1) is 0 Å². The summed E-state index contributed by atoms with van der Waals surface area (Å²) < 4.78 is 6.64. The van der Waals surface area contributed by atoms with E-state index in [9.17, 15) is 5.11 Å². The molecule has 0 bridgehead atoms. The Morgan fingerprint density at radius 2 is 2.26 bits per heavy atom. The van der Waals surface area contributed by atoms with Crippen molar-refractivity contribution in [2.24, 2.45) is 0 Å². The molecule has 2 N–H and O–H groups in total. The van der Waals surface area contributed by atoms with Crippen LogP contribution < -0.4 is 5.32 Å². The van der Waals surface area contributed by atoms with Gasteiger partial charge >= 0.3 is 0 Å². The highest BCUT2D eigenvalue weighted by atomic mass is 79.9. The van der Waals surface area contributed by atoms with Crippen molar-refractivity contribution in [3.05, 3.63) is 46.1 Å². The van der Waals surface area contributed by atoms with Gasteiger partial charge in [-0.1, -0.05) is 15.9 Å². The molecule has 0 spiro atoms. The highest BCUT2D eigenvalue weighted by molar-refractivity contribution is 9.10. The summed E-state index contributed by atoms with van der Waals surface area (Å²) in [5, 5.41) is 12.6. The molecule has 1 fully saturated rings. The Bertz CT molecular complexity index is 579. The van der Waals surface area contributed by atoms with E-state index in [2.05, 4.69) is 26.2 Å². The number of rotatable bonds is 5. The summed E-state index contributed by atoms with van der Waals surface area (Å²) in [5.41, 5.74) is 1.77. The SMILES string of the molecule is OCc1cc(Br)ccc1NCc1cnc(C2CC2)o1. The summed E-state index contributed by atoms with van der Waals surface area (Å²) in [4.78, 5) is 4.28. The van der Waals surface area contributed by atoms with Gasteiger partial charge in [0, 0.05) is 21.6 Å². The molecule has 0 amide bonds. The van der Waals surface area contributed by atoms with Crippen molar-refractivity contribution in [2.45, 2.75) is 31.9 Å². The third-order valence-corrected chi connectivity index (χ3v) is 3.68. The van der Waals surface area contributed by atoms with E-state index in [1.807, 2.05) is 18.2 Å². The summed E-state index contributed by atoms with van der Waals surface area (Å²) in [5.74, 6) is 2.22. The van der Waals surface area contributed by atoms with Crippen LogP contribution in [0.5, 0.6) is 0 Å². The maximum Gasteiger partial charge on any atom is 0.197 e. The van der Waals surface area contributed by atoms with Crippen molar-refractivity contribution in [3.63, 3.8) is 0 Å². The molecule has 100 valence electrons. The largest absolute Gasteiger partial charge is 0.444 e. The Morgan fingerprint density at radius 1 is 1.42 bits per heavy atom. The van der Waals surface area contributed by atoms with Gasteiger partial charge in [-0.3, -0.25) is 0 Å². The fraction of sp³-hybridized carbons (Fsp3) is 0.357. The molecule has 0 aliphatic heterocycles. The molecular weight excluding hydrogens is 308 g/mol. The molecule has 19 heavy (non-hydrogen) atoms. The summed E-state index contributed by atoms with van der Waals surface area (Å²) in [7, 11) is 0. The van der Waals surface area contributed by atoms with Crippen LogP contribution in [0.2, 0.25) is 0 Å². The number of hydrogen-bond acceptors (Lipinski definition) is 4. The summed E-state index contributed by atoms with van der Waals surface area (Å²) in [6.45, 7) is 0.583. The molecule has 1 aromatic heterocycles. The van der Waals surface area contributed by atoms with E-state index in [-0.39, 0.29) is 6.61 Å². The molecule has 4 nitrogen and oxygen atoms in total. The number of aromatic nitrogens is 1. The molecule has 1 heterocycles. The number of oxazole rings is 1. The fourth-order valence-corrected chi connectivity index (χ4v) is 2.38. The lowest BCUT2D eigenvalue weighted by Gasteiger charge is -2.09. The van der Waals surface area contributed by atoms with Crippen molar-refractivity contribution in [2.75, 3.05) is 5.32 Å². The van der Waals surface area contributed by atoms with E-state index in [1.54, 1.807) is 6.20 Å². The average Bonchev–Trinajstić information content (AvgIpc) is 3.17. The number of hydrogen-bond donors (Lipinski definition) is 2. The minimum absolute atomic E-state index is 0.00546. The second-order valence-electron chi connectivity index (χ2n) is 4.75. The van der Waals surface area contributed by atoms with Gasteiger partial charge in [0.15, 0.2) is 5.89 Å². The molecule has 0 saturated heterocycles. The van der Waals surface area contributed by atoms with Gasteiger partial charge in [-0.05, 0) is 31.0 Å². The van der Waals surface area contributed by atoms with Crippen molar-refractivity contribution in [3.8, 4) is 0 Å². The van der Waals surface area contributed by atoms with Crippen LogP contribution in [0.4, 0.5) is 5.69 Å². The molecule has 2 aromatic rings. The van der Waals surface area contributed by atoms with Crippen LogP contribution in [0, 0.1) is 0 Å². The number of aliphatic hydroxyl groups is 1. The van der Waals surface area contributed by atoms with E-state index in [0.717, 1.165) is 27.4 Å². The molecule has 0 atom stereocenters. The van der Waals surface area contributed by atoms with Crippen LogP contribution >= 0.6 is 15.9 Å². The van der Waals surface area contributed by atoms with Gasteiger partial charge in [0.05, 0.1) is 19.3 Å². The summed E-state index contributed by atoms with van der Waals surface area (Å²) in [6, 6.07) is 5.78.